The number of anilines is 3. The number of nitrogens with one attached hydrogen (secondary N) is 3. The molecule has 0 aliphatic carbocycles. The summed E-state index contributed by atoms with van der Waals surface area (Å²) in [6, 6.07) is 17.2. The van der Waals surface area contributed by atoms with Gasteiger partial charge in [0.2, 0.25) is 0 Å². The van der Waals surface area contributed by atoms with Gasteiger partial charge in [0.15, 0.2) is 11.6 Å². The van der Waals surface area contributed by atoms with Crippen molar-refractivity contribution in [3.05, 3.63) is 89.5 Å². The van der Waals surface area contributed by atoms with Crippen LogP contribution in [0.15, 0.2) is 66.7 Å². The van der Waals surface area contributed by atoms with Gasteiger partial charge in [-0.05, 0) is 42.3 Å². The Balaban J connectivity index is 1.68. The number of urea groups is 1. The lowest BCUT2D eigenvalue weighted by atomic mass is 10.1. The average molecular weight is 438 g/mol. The fourth-order valence-electron chi connectivity index (χ4n) is 3.11. The average Bonchev–Trinajstić information content (AvgIpc) is 2.76. The van der Waals surface area contributed by atoms with Crippen molar-refractivity contribution in [2.75, 3.05) is 36.2 Å². The maximum Gasteiger partial charge on any atom is 0.323 e. The first-order valence-corrected chi connectivity index (χ1v) is 10.00. The number of amides is 3. The fraction of sp³-hybridized carbons (Fsp3) is 0.167. The summed E-state index contributed by atoms with van der Waals surface area (Å²) in [7, 11) is 3.64. The molecule has 166 valence electrons. The number of nitrogens with zero attached hydrogens (tertiary/aromatic N) is 1. The molecule has 0 radical (unpaired) electrons. The highest BCUT2D eigenvalue weighted by Crippen LogP contribution is 2.23. The summed E-state index contributed by atoms with van der Waals surface area (Å²) in [6.07, 6.45) is 0.693. The van der Waals surface area contributed by atoms with Crippen LogP contribution in [-0.4, -0.2) is 32.6 Å². The van der Waals surface area contributed by atoms with Gasteiger partial charge in [-0.3, -0.25) is 4.79 Å². The second-order valence-electron chi connectivity index (χ2n) is 7.33. The van der Waals surface area contributed by atoms with E-state index in [4.69, 9.17) is 0 Å². The molecule has 3 rings (SSSR count). The molecule has 0 saturated carbocycles. The highest BCUT2D eigenvalue weighted by molar-refractivity contribution is 6.03. The zero-order valence-electron chi connectivity index (χ0n) is 17.8. The quantitative estimate of drug-likeness (QED) is 0.503. The van der Waals surface area contributed by atoms with E-state index >= 15 is 0 Å². The van der Waals surface area contributed by atoms with Crippen molar-refractivity contribution >= 4 is 29.0 Å². The third kappa shape index (κ3) is 6.04. The van der Waals surface area contributed by atoms with Crippen LogP contribution in [-0.2, 0) is 6.42 Å². The minimum absolute atomic E-state index is 0.102. The van der Waals surface area contributed by atoms with Gasteiger partial charge in [-0.25, -0.2) is 13.6 Å². The molecule has 0 atom stereocenters. The highest BCUT2D eigenvalue weighted by atomic mass is 19.2. The number of rotatable bonds is 7. The molecular formula is C24H24F2N4O2. The van der Waals surface area contributed by atoms with E-state index in [1.165, 1.54) is 6.07 Å². The summed E-state index contributed by atoms with van der Waals surface area (Å²) in [6.45, 7) is 0.462. The summed E-state index contributed by atoms with van der Waals surface area (Å²) >= 11 is 0. The fourth-order valence-corrected chi connectivity index (χ4v) is 3.11. The molecule has 0 aliphatic rings. The Bertz CT molecular complexity index is 1100. The van der Waals surface area contributed by atoms with E-state index in [1.54, 1.807) is 23.1 Å². The predicted molar refractivity (Wildman–Crippen MR) is 122 cm³/mol. The van der Waals surface area contributed by atoms with Gasteiger partial charge in [0.05, 0.1) is 5.56 Å². The van der Waals surface area contributed by atoms with Crippen molar-refractivity contribution in [1.29, 1.82) is 0 Å². The first kappa shape index (κ1) is 22.7. The summed E-state index contributed by atoms with van der Waals surface area (Å²) in [5.41, 5.74) is 2.68. The minimum Gasteiger partial charge on any atom is -0.377 e. The van der Waals surface area contributed by atoms with E-state index in [-0.39, 0.29) is 11.6 Å². The van der Waals surface area contributed by atoms with Crippen LogP contribution in [0.2, 0.25) is 0 Å². The summed E-state index contributed by atoms with van der Waals surface area (Å²) in [4.78, 5) is 26.9. The maximum absolute atomic E-state index is 13.3. The maximum atomic E-state index is 13.3. The van der Waals surface area contributed by atoms with Gasteiger partial charge < -0.3 is 20.9 Å². The van der Waals surface area contributed by atoms with E-state index in [9.17, 15) is 18.4 Å². The van der Waals surface area contributed by atoms with E-state index in [0.29, 0.717) is 29.9 Å². The first-order chi connectivity index (χ1) is 15.3. The second kappa shape index (κ2) is 10.4. The van der Waals surface area contributed by atoms with Crippen LogP contribution in [0, 0.1) is 11.6 Å². The molecule has 0 saturated heterocycles. The van der Waals surface area contributed by atoms with Crippen LogP contribution in [0.3, 0.4) is 0 Å². The Morgan fingerprint density at radius 3 is 2.16 bits per heavy atom. The van der Waals surface area contributed by atoms with Crippen molar-refractivity contribution < 1.29 is 18.4 Å². The van der Waals surface area contributed by atoms with Crippen LogP contribution in [0.1, 0.15) is 15.9 Å². The van der Waals surface area contributed by atoms with Crippen molar-refractivity contribution in [1.82, 2.24) is 5.32 Å². The number of hydrogen-bond donors (Lipinski definition) is 3. The van der Waals surface area contributed by atoms with Gasteiger partial charge in [0, 0.05) is 43.8 Å². The predicted octanol–water partition coefficient (Wildman–Crippen LogP) is 4.65. The highest BCUT2D eigenvalue weighted by Gasteiger charge is 2.15. The number of hydrogen-bond acceptors (Lipinski definition) is 3. The van der Waals surface area contributed by atoms with E-state index in [1.807, 2.05) is 44.4 Å². The topological polar surface area (TPSA) is 73.5 Å². The van der Waals surface area contributed by atoms with Gasteiger partial charge in [0.25, 0.3) is 5.91 Å². The van der Waals surface area contributed by atoms with Crippen LogP contribution in [0.5, 0.6) is 0 Å². The minimum atomic E-state index is -1.06. The van der Waals surface area contributed by atoms with E-state index in [0.717, 1.165) is 17.7 Å². The molecule has 0 bridgehead atoms. The van der Waals surface area contributed by atoms with Crippen LogP contribution in [0.4, 0.5) is 30.6 Å². The number of carbonyl (C=O) groups excluding carboxylic acids is 2. The lowest BCUT2D eigenvalue weighted by Gasteiger charge is -2.18. The van der Waals surface area contributed by atoms with Crippen molar-refractivity contribution in [2.24, 2.45) is 0 Å². The standard InChI is InChI=1S/C24H24F2N4O2/c1-30(2)22-11-9-17(28-24(32)29-18-8-10-20(25)21(26)15-18)14-19(22)23(31)27-13-12-16-6-4-3-5-7-16/h3-11,14-15H,12-13H2,1-2H3,(H,27,31)(H2,28,29,32). The Labute approximate surface area is 185 Å². The Hall–Kier alpha value is -3.94. The molecule has 0 aromatic heterocycles. The van der Waals surface area contributed by atoms with Crippen LogP contribution >= 0.6 is 0 Å². The molecule has 6 nitrogen and oxygen atoms in total. The van der Waals surface area contributed by atoms with Gasteiger partial charge in [-0.15, -0.1) is 0 Å². The summed E-state index contributed by atoms with van der Waals surface area (Å²) < 4.78 is 26.4. The van der Waals surface area contributed by atoms with Crippen molar-refractivity contribution in [3.8, 4) is 0 Å². The molecular weight excluding hydrogens is 414 g/mol. The Morgan fingerprint density at radius 2 is 1.50 bits per heavy atom. The van der Waals surface area contributed by atoms with Gasteiger partial charge in [-0.2, -0.15) is 0 Å². The molecule has 0 aliphatic heterocycles. The van der Waals surface area contributed by atoms with Crippen molar-refractivity contribution in [2.45, 2.75) is 6.42 Å². The smallest absolute Gasteiger partial charge is 0.323 e. The second-order valence-corrected chi connectivity index (χ2v) is 7.33. The third-order valence-electron chi connectivity index (χ3n) is 4.70. The lowest BCUT2D eigenvalue weighted by molar-refractivity contribution is 0.0954. The molecule has 8 heteroatoms. The SMILES string of the molecule is CN(C)c1ccc(NC(=O)Nc2ccc(F)c(F)c2)cc1C(=O)NCCc1ccccc1. The summed E-state index contributed by atoms with van der Waals surface area (Å²) in [5, 5.41) is 7.94. The largest absolute Gasteiger partial charge is 0.377 e. The molecule has 3 N–H and O–H groups in total. The molecule has 32 heavy (non-hydrogen) atoms. The molecule has 0 fully saturated rings. The van der Waals surface area contributed by atoms with E-state index < -0.39 is 17.7 Å². The molecule has 0 heterocycles. The monoisotopic (exact) mass is 438 g/mol. The molecule has 3 aromatic carbocycles. The number of carbonyl (C=O) groups is 2. The Kier molecular flexibility index (Phi) is 7.38. The zero-order chi connectivity index (χ0) is 23.1. The van der Waals surface area contributed by atoms with Crippen LogP contribution in [0.25, 0.3) is 0 Å². The third-order valence-corrected chi connectivity index (χ3v) is 4.70. The normalized spacial score (nSPS) is 10.4. The van der Waals surface area contributed by atoms with Gasteiger partial charge in [-0.1, -0.05) is 30.3 Å². The van der Waals surface area contributed by atoms with Gasteiger partial charge >= 0.3 is 6.03 Å². The number of benzene rings is 3. The first-order valence-electron chi connectivity index (χ1n) is 10.00. The van der Waals surface area contributed by atoms with Crippen LogP contribution < -0.4 is 20.9 Å². The molecule has 3 amide bonds. The van der Waals surface area contributed by atoms with Gasteiger partial charge in [0.1, 0.15) is 0 Å². The summed E-state index contributed by atoms with van der Waals surface area (Å²) in [5.74, 6) is -2.33. The number of halogens is 2. The lowest BCUT2D eigenvalue weighted by Crippen LogP contribution is -2.28. The molecule has 0 spiro atoms. The molecule has 0 unspecified atom stereocenters. The van der Waals surface area contributed by atoms with Crippen molar-refractivity contribution in [3.63, 3.8) is 0 Å². The van der Waals surface area contributed by atoms with E-state index in [2.05, 4.69) is 16.0 Å². The Morgan fingerprint density at radius 1 is 0.844 bits per heavy atom. The molecule has 3 aromatic rings. The zero-order valence-corrected chi connectivity index (χ0v) is 17.8.